The van der Waals surface area contributed by atoms with E-state index in [1.54, 1.807) is 24.3 Å². The lowest BCUT2D eigenvalue weighted by Crippen LogP contribution is -2.42. The van der Waals surface area contributed by atoms with Crippen molar-refractivity contribution in [2.45, 2.75) is 37.8 Å². The van der Waals surface area contributed by atoms with Crippen molar-refractivity contribution in [1.29, 1.82) is 0 Å². The smallest absolute Gasteiger partial charge is 0.415 e. The molecule has 0 saturated carbocycles. The molecule has 2 fully saturated rings. The average molecular weight is 397 g/mol. The Morgan fingerprint density at radius 1 is 1.41 bits per heavy atom. The van der Waals surface area contributed by atoms with Gasteiger partial charge in [-0.2, -0.15) is 0 Å². The van der Waals surface area contributed by atoms with Gasteiger partial charge in [-0.25, -0.2) is 14.4 Å². The first-order valence-corrected chi connectivity index (χ1v) is 9.15. The molecule has 1 N–H and O–H groups in total. The summed E-state index contributed by atoms with van der Waals surface area (Å²) in [6.07, 6.45) is 0.257. The van der Waals surface area contributed by atoms with Crippen LogP contribution in [0.5, 0.6) is 0 Å². The van der Waals surface area contributed by atoms with Crippen molar-refractivity contribution >= 4 is 35.4 Å². The average Bonchev–Trinajstić information content (AvgIpc) is 3.15. The molecule has 9 heteroatoms. The summed E-state index contributed by atoms with van der Waals surface area (Å²) in [5.41, 5.74) is -0.535. The van der Waals surface area contributed by atoms with Crippen LogP contribution < -0.4 is 4.90 Å². The van der Waals surface area contributed by atoms with Crippen LogP contribution in [0.25, 0.3) is 0 Å². The van der Waals surface area contributed by atoms with Gasteiger partial charge in [-0.1, -0.05) is 31.0 Å². The highest BCUT2D eigenvalue weighted by atomic mass is 35.5. The minimum atomic E-state index is -1.16. The van der Waals surface area contributed by atoms with Crippen molar-refractivity contribution in [3.63, 3.8) is 0 Å². The van der Waals surface area contributed by atoms with Crippen LogP contribution in [-0.4, -0.2) is 59.5 Å². The van der Waals surface area contributed by atoms with Crippen LogP contribution in [0.1, 0.15) is 26.2 Å². The van der Waals surface area contributed by atoms with Crippen LogP contribution in [0.2, 0.25) is 5.02 Å². The van der Waals surface area contributed by atoms with E-state index in [9.17, 15) is 19.5 Å². The summed E-state index contributed by atoms with van der Waals surface area (Å²) in [7, 11) is 0. The summed E-state index contributed by atoms with van der Waals surface area (Å²) in [5, 5.41) is 9.98. The largest absolute Gasteiger partial charge is 0.480 e. The summed E-state index contributed by atoms with van der Waals surface area (Å²) in [6.45, 7) is 2.28. The molecule has 2 aliphatic rings. The molecule has 0 aliphatic carbocycles. The first-order chi connectivity index (χ1) is 12.8. The zero-order chi connectivity index (χ0) is 19.6. The Morgan fingerprint density at radius 2 is 2.19 bits per heavy atom. The van der Waals surface area contributed by atoms with Gasteiger partial charge in [0.05, 0.1) is 19.7 Å². The highest BCUT2D eigenvalue weighted by molar-refractivity contribution is 6.30. The zero-order valence-electron chi connectivity index (χ0n) is 14.9. The molecule has 0 bridgehead atoms. The van der Waals surface area contributed by atoms with Crippen molar-refractivity contribution in [3.8, 4) is 0 Å². The van der Waals surface area contributed by atoms with Gasteiger partial charge in [-0.15, -0.1) is 0 Å². The van der Waals surface area contributed by atoms with Gasteiger partial charge in [0.1, 0.15) is 6.04 Å². The molecule has 1 spiro atoms. The molecule has 2 aliphatic heterocycles. The van der Waals surface area contributed by atoms with Gasteiger partial charge in [0.25, 0.3) is 0 Å². The third kappa shape index (κ3) is 3.95. The number of carboxylic acid groups (broad SMARTS) is 1. The quantitative estimate of drug-likeness (QED) is 0.768. The van der Waals surface area contributed by atoms with Gasteiger partial charge < -0.3 is 14.6 Å². The normalized spacial score (nSPS) is 24.4. The van der Waals surface area contributed by atoms with Gasteiger partial charge in [0, 0.05) is 17.1 Å². The fourth-order valence-corrected chi connectivity index (χ4v) is 3.59. The van der Waals surface area contributed by atoms with Crippen LogP contribution in [0, 0.1) is 0 Å². The van der Waals surface area contributed by atoms with Crippen molar-refractivity contribution in [1.82, 2.24) is 4.90 Å². The van der Waals surface area contributed by atoms with Crippen LogP contribution in [0.4, 0.5) is 15.3 Å². The number of aliphatic carboxylic acids is 1. The zero-order valence-corrected chi connectivity index (χ0v) is 15.6. The molecule has 27 heavy (non-hydrogen) atoms. The van der Waals surface area contributed by atoms with Gasteiger partial charge in [-0.3, -0.25) is 9.80 Å². The van der Waals surface area contributed by atoms with Crippen LogP contribution in [-0.2, 0) is 14.3 Å². The number of halogens is 1. The minimum Gasteiger partial charge on any atom is -0.480 e. The lowest BCUT2D eigenvalue weighted by Gasteiger charge is -2.22. The number of nitrogens with zero attached hydrogens (tertiary/aromatic N) is 2. The lowest BCUT2D eigenvalue weighted by atomic mass is 10.00. The van der Waals surface area contributed by atoms with Crippen LogP contribution in [0.15, 0.2) is 24.3 Å². The molecule has 2 saturated heterocycles. The van der Waals surface area contributed by atoms with Gasteiger partial charge in [0.15, 0.2) is 5.60 Å². The number of hydrogen-bond donors (Lipinski definition) is 1. The van der Waals surface area contributed by atoms with Crippen LogP contribution >= 0.6 is 11.6 Å². The Hall–Kier alpha value is -2.48. The maximum Gasteiger partial charge on any atom is 0.415 e. The Labute approximate surface area is 161 Å². The van der Waals surface area contributed by atoms with Crippen molar-refractivity contribution in [3.05, 3.63) is 29.3 Å². The second-order valence-corrected chi connectivity index (χ2v) is 7.21. The summed E-state index contributed by atoms with van der Waals surface area (Å²) in [6, 6.07) is 5.63. The van der Waals surface area contributed by atoms with E-state index in [2.05, 4.69) is 0 Å². The Bertz CT molecular complexity index is 757. The molecule has 1 aromatic rings. The molecule has 2 heterocycles. The van der Waals surface area contributed by atoms with Crippen LogP contribution in [0.3, 0.4) is 0 Å². The molecular formula is C18H21ClN2O6. The second kappa shape index (κ2) is 7.64. The second-order valence-electron chi connectivity index (χ2n) is 6.77. The molecule has 2 atom stereocenters. The fourth-order valence-electron chi connectivity index (χ4n) is 3.40. The maximum atomic E-state index is 12.4. The standard InChI is InChI=1S/C18H21ClN2O6/c1-2-3-7-26-16(24)21-11-18(9-14(21)15(22)23)10-20(17(25)27-18)13-6-4-5-12(19)8-13/h4-6,8,14H,2-3,7,9-11H2,1H3,(H,22,23). The molecular weight excluding hydrogens is 376 g/mol. The highest BCUT2D eigenvalue weighted by Gasteiger charge is 2.57. The maximum absolute atomic E-state index is 12.4. The Kier molecular flexibility index (Phi) is 5.46. The molecule has 2 amide bonds. The third-order valence-electron chi connectivity index (χ3n) is 4.73. The number of rotatable bonds is 5. The van der Waals surface area contributed by atoms with E-state index in [1.807, 2.05) is 6.92 Å². The number of hydrogen-bond acceptors (Lipinski definition) is 5. The van der Waals surface area contributed by atoms with E-state index in [1.165, 1.54) is 4.90 Å². The van der Waals surface area contributed by atoms with E-state index in [4.69, 9.17) is 21.1 Å². The van der Waals surface area contributed by atoms with E-state index in [0.717, 1.165) is 11.3 Å². The molecule has 3 rings (SSSR count). The number of likely N-dealkylation sites (tertiary alicyclic amines) is 1. The predicted molar refractivity (Wildman–Crippen MR) is 97.0 cm³/mol. The summed E-state index contributed by atoms with van der Waals surface area (Å²) >= 11 is 5.99. The van der Waals surface area contributed by atoms with Gasteiger partial charge in [0.2, 0.25) is 0 Å². The molecule has 146 valence electrons. The van der Waals surface area contributed by atoms with E-state index < -0.39 is 29.8 Å². The Morgan fingerprint density at radius 3 is 2.85 bits per heavy atom. The number of anilines is 1. The molecule has 2 unspecified atom stereocenters. The van der Waals surface area contributed by atoms with Crippen molar-refractivity contribution in [2.24, 2.45) is 0 Å². The first-order valence-electron chi connectivity index (χ1n) is 8.77. The first kappa shape index (κ1) is 19.3. The number of carbonyl (C=O) groups excluding carboxylic acids is 2. The monoisotopic (exact) mass is 396 g/mol. The molecule has 1 aromatic carbocycles. The number of carboxylic acids is 1. The van der Waals surface area contributed by atoms with Crippen molar-refractivity contribution in [2.75, 3.05) is 24.6 Å². The van der Waals surface area contributed by atoms with Gasteiger partial charge in [-0.05, 0) is 24.6 Å². The number of amides is 2. The predicted octanol–water partition coefficient (Wildman–Crippen LogP) is 3.13. The number of unbranched alkanes of at least 4 members (excludes halogenated alkanes) is 1. The topological polar surface area (TPSA) is 96.4 Å². The SMILES string of the molecule is CCCCOC(=O)N1CC2(CC1C(=O)O)CN(c1cccc(Cl)c1)C(=O)O2. The highest BCUT2D eigenvalue weighted by Crippen LogP contribution is 2.38. The molecule has 0 radical (unpaired) electrons. The fraction of sp³-hybridized carbons (Fsp3) is 0.500. The van der Waals surface area contributed by atoms with Gasteiger partial charge >= 0.3 is 18.2 Å². The number of carbonyl (C=O) groups is 3. The minimum absolute atomic E-state index is 0.00795. The number of ether oxygens (including phenoxy) is 2. The summed E-state index contributed by atoms with van der Waals surface area (Å²) in [4.78, 5) is 38.9. The summed E-state index contributed by atoms with van der Waals surface area (Å²) < 4.78 is 10.7. The van der Waals surface area contributed by atoms with E-state index >= 15 is 0 Å². The van der Waals surface area contributed by atoms with E-state index in [0.29, 0.717) is 17.1 Å². The molecule has 8 nitrogen and oxygen atoms in total. The lowest BCUT2D eigenvalue weighted by molar-refractivity contribution is -0.141. The van der Waals surface area contributed by atoms with E-state index in [-0.39, 0.29) is 26.1 Å². The van der Waals surface area contributed by atoms with Crippen molar-refractivity contribution < 1.29 is 29.0 Å². The third-order valence-corrected chi connectivity index (χ3v) is 4.97. The molecule has 0 aromatic heterocycles. The Balaban J connectivity index is 1.77. The number of benzene rings is 1. The summed E-state index contributed by atoms with van der Waals surface area (Å²) in [5.74, 6) is -1.16.